The highest BCUT2D eigenvalue weighted by Gasteiger charge is 2.31. The molecule has 2 aromatic rings. The quantitative estimate of drug-likeness (QED) is 0.108. The molecule has 39 heavy (non-hydrogen) atoms. The predicted octanol–water partition coefficient (Wildman–Crippen LogP) is -2.80. The zero-order chi connectivity index (χ0) is 28.9. The number of nitrogens with zero attached hydrogens (tertiary/aromatic N) is 1. The van der Waals surface area contributed by atoms with Crippen LogP contribution < -0.4 is 33.2 Å². The van der Waals surface area contributed by atoms with Crippen molar-refractivity contribution < 1.29 is 33.9 Å². The van der Waals surface area contributed by atoms with Gasteiger partial charge in [0.15, 0.2) is 0 Å². The van der Waals surface area contributed by atoms with Crippen LogP contribution in [-0.2, 0) is 41.6 Å². The fourth-order valence-corrected chi connectivity index (χ4v) is 3.54. The summed E-state index contributed by atoms with van der Waals surface area (Å²) in [6.07, 6.45) is 1.75. The van der Waals surface area contributed by atoms with Gasteiger partial charge in [-0.25, -0.2) is 9.78 Å². The zero-order valence-electron chi connectivity index (χ0n) is 21.0. The zero-order valence-corrected chi connectivity index (χ0v) is 21.0. The number of nitrogens with one attached hydrogen (secondary N) is 4. The van der Waals surface area contributed by atoms with Crippen LogP contribution in [0.2, 0.25) is 0 Å². The summed E-state index contributed by atoms with van der Waals surface area (Å²) in [4.78, 5) is 79.8. The summed E-state index contributed by atoms with van der Waals surface area (Å²) >= 11 is 0. The third-order valence-corrected chi connectivity index (χ3v) is 5.59. The molecule has 11 N–H and O–H groups in total. The standard InChI is InChI=1S/C24H32N8O7/c25-15(6-7-19(26)33)21(35)30-16(9-14-11-28-12-29-14)22(36)31-17(10-20(27)34)23(37)32-18(24(38)39)8-13-4-2-1-3-5-13/h1-5,11-12,15-18H,6-10,25H2,(H2,26,33)(H2,27,34)(H,28,29)(H,30,35)(H,31,36)(H,32,37)(H,38,39). The number of carboxylic acids is 1. The van der Waals surface area contributed by atoms with Gasteiger partial charge in [-0.15, -0.1) is 0 Å². The van der Waals surface area contributed by atoms with Gasteiger partial charge in [0.25, 0.3) is 0 Å². The van der Waals surface area contributed by atoms with E-state index in [-0.39, 0.29) is 25.7 Å². The van der Waals surface area contributed by atoms with E-state index in [1.165, 1.54) is 12.5 Å². The molecule has 0 bridgehead atoms. The highest BCUT2D eigenvalue weighted by atomic mass is 16.4. The van der Waals surface area contributed by atoms with Crippen LogP contribution in [0.3, 0.4) is 0 Å². The van der Waals surface area contributed by atoms with Crippen LogP contribution in [0, 0.1) is 0 Å². The number of aromatic nitrogens is 2. The number of H-pyrrole nitrogens is 1. The van der Waals surface area contributed by atoms with Crippen molar-refractivity contribution in [2.75, 3.05) is 0 Å². The summed E-state index contributed by atoms with van der Waals surface area (Å²) in [5.74, 6) is -5.52. The number of imidazole rings is 1. The first-order valence-electron chi connectivity index (χ1n) is 11.9. The van der Waals surface area contributed by atoms with Gasteiger partial charge in [0.1, 0.15) is 18.1 Å². The van der Waals surface area contributed by atoms with Crippen molar-refractivity contribution >= 4 is 35.5 Å². The van der Waals surface area contributed by atoms with Gasteiger partial charge in [-0.2, -0.15) is 0 Å². The summed E-state index contributed by atoms with van der Waals surface area (Å²) in [5, 5.41) is 16.7. The second-order valence-corrected chi connectivity index (χ2v) is 8.77. The van der Waals surface area contributed by atoms with E-state index in [0.717, 1.165) is 0 Å². The first-order valence-corrected chi connectivity index (χ1v) is 11.9. The lowest BCUT2D eigenvalue weighted by atomic mass is 10.0. The van der Waals surface area contributed by atoms with Gasteiger partial charge >= 0.3 is 5.97 Å². The molecule has 4 unspecified atom stereocenters. The molecule has 15 heteroatoms. The number of rotatable bonds is 16. The molecule has 0 aliphatic carbocycles. The predicted molar refractivity (Wildman–Crippen MR) is 136 cm³/mol. The maximum absolute atomic E-state index is 13.2. The van der Waals surface area contributed by atoms with E-state index in [2.05, 4.69) is 25.9 Å². The average molecular weight is 545 g/mol. The molecule has 2 rings (SSSR count). The molecule has 0 fully saturated rings. The number of aliphatic carboxylic acids is 1. The van der Waals surface area contributed by atoms with Gasteiger partial charge in [0.2, 0.25) is 29.5 Å². The molecule has 0 radical (unpaired) electrons. The Morgan fingerprint density at radius 1 is 0.846 bits per heavy atom. The lowest BCUT2D eigenvalue weighted by molar-refractivity contribution is -0.142. The maximum Gasteiger partial charge on any atom is 0.326 e. The molecule has 0 saturated heterocycles. The Morgan fingerprint density at radius 3 is 2.03 bits per heavy atom. The third-order valence-electron chi connectivity index (χ3n) is 5.59. The highest BCUT2D eigenvalue weighted by molar-refractivity contribution is 5.96. The minimum Gasteiger partial charge on any atom is -0.480 e. The van der Waals surface area contributed by atoms with Crippen LogP contribution in [0.15, 0.2) is 42.9 Å². The van der Waals surface area contributed by atoms with Crippen molar-refractivity contribution in [1.29, 1.82) is 0 Å². The lowest BCUT2D eigenvalue weighted by Gasteiger charge is -2.24. The Morgan fingerprint density at radius 2 is 1.46 bits per heavy atom. The van der Waals surface area contributed by atoms with Crippen molar-refractivity contribution in [2.24, 2.45) is 17.2 Å². The number of carbonyl (C=O) groups excluding carboxylic acids is 5. The second kappa shape index (κ2) is 14.8. The highest BCUT2D eigenvalue weighted by Crippen LogP contribution is 2.06. The first kappa shape index (κ1) is 30.4. The third kappa shape index (κ3) is 10.6. The molecule has 0 saturated carbocycles. The Kier molecular flexibility index (Phi) is 11.6. The van der Waals surface area contributed by atoms with E-state index in [9.17, 15) is 33.9 Å². The van der Waals surface area contributed by atoms with Crippen LogP contribution >= 0.6 is 0 Å². The number of benzene rings is 1. The van der Waals surface area contributed by atoms with Crippen molar-refractivity contribution in [2.45, 2.75) is 56.3 Å². The molecule has 0 aliphatic heterocycles. The minimum absolute atomic E-state index is 0.0547. The summed E-state index contributed by atoms with van der Waals surface area (Å²) in [6.45, 7) is 0. The van der Waals surface area contributed by atoms with Crippen LogP contribution in [0.25, 0.3) is 0 Å². The molecule has 1 aromatic carbocycles. The molecule has 1 heterocycles. The molecular weight excluding hydrogens is 512 g/mol. The van der Waals surface area contributed by atoms with Crippen molar-refractivity contribution in [1.82, 2.24) is 25.9 Å². The Labute approximate surface area is 223 Å². The van der Waals surface area contributed by atoms with E-state index in [4.69, 9.17) is 17.2 Å². The molecule has 210 valence electrons. The largest absolute Gasteiger partial charge is 0.480 e. The number of primary amides is 2. The van der Waals surface area contributed by atoms with E-state index < -0.39 is 66.1 Å². The SMILES string of the molecule is NC(=O)CCC(N)C(=O)NC(Cc1cnc[nH]1)C(=O)NC(CC(N)=O)C(=O)NC(Cc1ccccc1)C(=O)O. The van der Waals surface area contributed by atoms with E-state index in [1.54, 1.807) is 30.3 Å². The monoisotopic (exact) mass is 544 g/mol. The topological polar surface area (TPSA) is 265 Å². The normalized spacial score (nSPS) is 13.8. The first-order chi connectivity index (χ1) is 18.5. The number of carbonyl (C=O) groups is 6. The van der Waals surface area contributed by atoms with Gasteiger partial charge in [-0.1, -0.05) is 30.3 Å². The van der Waals surface area contributed by atoms with Crippen molar-refractivity contribution in [3.8, 4) is 0 Å². The number of hydrogen-bond acceptors (Lipinski definition) is 8. The summed E-state index contributed by atoms with van der Waals surface area (Å²) in [7, 11) is 0. The van der Waals surface area contributed by atoms with E-state index in [1.807, 2.05) is 0 Å². The second-order valence-electron chi connectivity index (χ2n) is 8.77. The number of amides is 5. The number of nitrogens with two attached hydrogens (primary N) is 3. The van der Waals surface area contributed by atoms with Gasteiger partial charge in [0, 0.05) is 31.2 Å². The molecule has 1 aromatic heterocycles. The summed E-state index contributed by atoms with van der Waals surface area (Å²) in [6, 6.07) is 3.17. The Hall–Kier alpha value is -4.79. The lowest BCUT2D eigenvalue weighted by Crippen LogP contribution is -2.58. The van der Waals surface area contributed by atoms with Crippen LogP contribution in [-0.4, -0.2) is 74.7 Å². The van der Waals surface area contributed by atoms with Gasteiger partial charge in [0.05, 0.1) is 18.8 Å². The maximum atomic E-state index is 13.2. The van der Waals surface area contributed by atoms with Crippen molar-refractivity contribution in [3.05, 3.63) is 54.1 Å². The fraction of sp³-hybridized carbons (Fsp3) is 0.375. The van der Waals surface area contributed by atoms with Gasteiger partial charge in [-0.05, 0) is 12.0 Å². The minimum atomic E-state index is -1.54. The Balaban J connectivity index is 2.18. The number of aromatic amines is 1. The van der Waals surface area contributed by atoms with Crippen LogP contribution in [0.4, 0.5) is 0 Å². The molecule has 5 amide bonds. The summed E-state index contributed by atoms with van der Waals surface area (Å²) < 4.78 is 0. The Bertz CT molecular complexity index is 1160. The number of carboxylic acid groups (broad SMARTS) is 1. The van der Waals surface area contributed by atoms with Crippen molar-refractivity contribution in [3.63, 3.8) is 0 Å². The molecule has 15 nitrogen and oxygen atoms in total. The average Bonchev–Trinajstić information content (AvgIpc) is 3.39. The molecular formula is C24H32N8O7. The molecule has 0 aliphatic rings. The number of hydrogen-bond donors (Lipinski definition) is 8. The van der Waals surface area contributed by atoms with Crippen LogP contribution in [0.1, 0.15) is 30.5 Å². The van der Waals surface area contributed by atoms with E-state index >= 15 is 0 Å². The summed E-state index contributed by atoms with van der Waals surface area (Å²) in [5.41, 5.74) is 17.2. The molecule has 0 spiro atoms. The van der Waals surface area contributed by atoms with Crippen LogP contribution in [0.5, 0.6) is 0 Å². The van der Waals surface area contributed by atoms with Gasteiger partial charge in [-0.3, -0.25) is 24.0 Å². The van der Waals surface area contributed by atoms with Gasteiger partial charge < -0.3 is 43.2 Å². The molecule has 4 atom stereocenters. The van der Waals surface area contributed by atoms with E-state index in [0.29, 0.717) is 11.3 Å². The smallest absolute Gasteiger partial charge is 0.326 e. The fourth-order valence-electron chi connectivity index (χ4n) is 3.54.